The Balaban J connectivity index is 2.51. The molecule has 0 radical (unpaired) electrons. The highest BCUT2D eigenvalue weighted by Crippen LogP contribution is 2.30. The van der Waals surface area contributed by atoms with Crippen LogP contribution in [0, 0.1) is 15.5 Å². The molecule has 0 amide bonds. The summed E-state index contributed by atoms with van der Waals surface area (Å²) in [6.45, 7) is 5.87. The second kappa shape index (κ2) is 5.17. The Morgan fingerprint density at radius 3 is 2.65 bits per heavy atom. The topological polar surface area (TPSA) is 76.3 Å². The molecule has 0 bridgehead atoms. The monoisotopic (exact) mass is 274 g/mol. The number of pyridine rings is 1. The van der Waals surface area contributed by atoms with Gasteiger partial charge in [-0.1, -0.05) is 20.8 Å². The summed E-state index contributed by atoms with van der Waals surface area (Å²) in [4.78, 5) is 14.9. The minimum atomic E-state index is -0.533. The molecule has 1 aromatic heterocycles. The van der Waals surface area contributed by atoms with Crippen molar-refractivity contribution in [1.29, 1.82) is 0 Å². The molecule has 0 saturated heterocycles. The number of hydrogen-bond acceptors (Lipinski definition) is 4. The van der Waals surface area contributed by atoms with Crippen LogP contribution in [-0.4, -0.2) is 21.1 Å². The zero-order chi connectivity index (χ0) is 14.9. The first-order valence-electron chi connectivity index (χ1n) is 6.50. The van der Waals surface area contributed by atoms with E-state index >= 15 is 0 Å². The van der Waals surface area contributed by atoms with Gasteiger partial charge in [-0.3, -0.25) is 15.1 Å². The van der Waals surface area contributed by atoms with E-state index in [2.05, 4.69) is 4.98 Å². The third-order valence-corrected chi connectivity index (χ3v) is 3.44. The molecule has 1 N–H and O–H groups in total. The highest BCUT2D eigenvalue weighted by Gasteiger charge is 2.24. The second-order valence-corrected chi connectivity index (χ2v) is 5.99. The van der Waals surface area contributed by atoms with Crippen LogP contribution in [0.4, 0.5) is 5.69 Å². The first-order valence-corrected chi connectivity index (χ1v) is 6.50. The zero-order valence-electron chi connectivity index (χ0n) is 11.8. The molecular weight excluding hydrogens is 256 g/mol. The van der Waals surface area contributed by atoms with Crippen molar-refractivity contribution in [3.8, 4) is 0 Å². The minimum absolute atomic E-state index is 0.0436. The van der Waals surface area contributed by atoms with Gasteiger partial charge in [0, 0.05) is 18.7 Å². The molecule has 106 valence electrons. The maximum atomic E-state index is 11.0. The quantitative estimate of drug-likeness (QED) is 0.689. The van der Waals surface area contributed by atoms with E-state index in [0.717, 1.165) is 5.56 Å². The number of nitro groups is 1. The van der Waals surface area contributed by atoms with E-state index in [0.29, 0.717) is 17.3 Å². The lowest BCUT2D eigenvalue weighted by atomic mass is 9.85. The van der Waals surface area contributed by atoms with Crippen LogP contribution in [0.2, 0.25) is 0 Å². The molecule has 1 heterocycles. The molecule has 0 aliphatic rings. The molecule has 0 aliphatic heterocycles. The summed E-state index contributed by atoms with van der Waals surface area (Å²) < 4.78 is 0. The summed E-state index contributed by atoms with van der Waals surface area (Å²) in [5, 5.41) is 21.8. The summed E-state index contributed by atoms with van der Waals surface area (Å²) in [5.41, 5.74) is 1.21. The number of benzene rings is 1. The number of nitro benzene ring substituents is 1. The first-order chi connectivity index (χ1) is 9.30. The van der Waals surface area contributed by atoms with Gasteiger partial charge in [0.25, 0.3) is 5.69 Å². The standard InChI is InChI=1S/C15H18N2O3/c1-15(2,3)13(18)9-10-6-7-12(17(19)20)11-5-4-8-16-14(10)11/h4-8,13,18H,9H2,1-3H3. The number of non-ortho nitro benzene ring substituents is 1. The summed E-state index contributed by atoms with van der Waals surface area (Å²) >= 11 is 0. The van der Waals surface area contributed by atoms with Gasteiger partial charge in [0.2, 0.25) is 0 Å². The van der Waals surface area contributed by atoms with Crippen molar-refractivity contribution in [2.75, 3.05) is 0 Å². The highest BCUT2D eigenvalue weighted by molar-refractivity contribution is 5.90. The van der Waals surface area contributed by atoms with E-state index in [1.165, 1.54) is 6.07 Å². The predicted molar refractivity (Wildman–Crippen MR) is 77.6 cm³/mol. The SMILES string of the molecule is CC(C)(C)C(O)Cc1ccc([N+](=O)[O-])c2cccnc12. The van der Waals surface area contributed by atoms with Crippen molar-refractivity contribution >= 4 is 16.6 Å². The van der Waals surface area contributed by atoms with Gasteiger partial charge in [-0.05, 0) is 29.2 Å². The molecule has 1 aromatic carbocycles. The smallest absolute Gasteiger partial charge is 0.278 e. The lowest BCUT2D eigenvalue weighted by Gasteiger charge is -2.26. The van der Waals surface area contributed by atoms with E-state index in [-0.39, 0.29) is 11.1 Å². The number of rotatable bonds is 3. The Morgan fingerprint density at radius 1 is 1.35 bits per heavy atom. The van der Waals surface area contributed by atoms with Gasteiger partial charge in [-0.15, -0.1) is 0 Å². The molecule has 0 aliphatic carbocycles. The van der Waals surface area contributed by atoms with E-state index in [1.807, 2.05) is 20.8 Å². The summed E-state index contributed by atoms with van der Waals surface area (Å²) in [6.07, 6.45) is 1.50. The van der Waals surface area contributed by atoms with E-state index in [9.17, 15) is 15.2 Å². The summed E-state index contributed by atoms with van der Waals surface area (Å²) in [5.74, 6) is 0. The van der Waals surface area contributed by atoms with Crippen LogP contribution in [0.3, 0.4) is 0 Å². The fourth-order valence-electron chi connectivity index (χ4n) is 2.05. The molecule has 0 saturated carbocycles. The Kier molecular flexibility index (Phi) is 3.72. The fourth-order valence-corrected chi connectivity index (χ4v) is 2.05. The first kappa shape index (κ1) is 14.4. The van der Waals surface area contributed by atoms with Crippen LogP contribution in [0.25, 0.3) is 10.9 Å². The van der Waals surface area contributed by atoms with Gasteiger partial charge in [0.1, 0.15) is 0 Å². The number of nitrogens with zero attached hydrogens (tertiary/aromatic N) is 2. The highest BCUT2D eigenvalue weighted by atomic mass is 16.6. The van der Waals surface area contributed by atoms with Crippen LogP contribution in [-0.2, 0) is 6.42 Å². The van der Waals surface area contributed by atoms with Gasteiger partial charge in [-0.25, -0.2) is 0 Å². The minimum Gasteiger partial charge on any atom is -0.392 e. The number of aromatic nitrogens is 1. The van der Waals surface area contributed by atoms with Crippen LogP contribution in [0.5, 0.6) is 0 Å². The average molecular weight is 274 g/mol. The molecule has 2 rings (SSSR count). The Labute approximate surface area is 117 Å². The van der Waals surface area contributed by atoms with E-state index in [4.69, 9.17) is 0 Å². The van der Waals surface area contributed by atoms with Crippen molar-refractivity contribution in [2.24, 2.45) is 5.41 Å². The molecule has 20 heavy (non-hydrogen) atoms. The number of hydrogen-bond donors (Lipinski definition) is 1. The van der Waals surface area contributed by atoms with Crippen LogP contribution in [0.1, 0.15) is 26.3 Å². The summed E-state index contributed by atoms with van der Waals surface area (Å²) in [6, 6.07) is 6.53. The average Bonchev–Trinajstić information content (AvgIpc) is 2.37. The Morgan fingerprint density at radius 2 is 2.05 bits per heavy atom. The third kappa shape index (κ3) is 2.77. The van der Waals surface area contributed by atoms with Crippen LogP contribution >= 0.6 is 0 Å². The molecule has 2 aromatic rings. The van der Waals surface area contributed by atoms with Crippen molar-refractivity contribution in [1.82, 2.24) is 4.98 Å². The summed E-state index contributed by atoms with van der Waals surface area (Å²) in [7, 11) is 0. The van der Waals surface area contributed by atoms with Crippen molar-refractivity contribution in [3.63, 3.8) is 0 Å². The van der Waals surface area contributed by atoms with Crippen LogP contribution in [0.15, 0.2) is 30.5 Å². The van der Waals surface area contributed by atoms with Crippen molar-refractivity contribution < 1.29 is 10.0 Å². The lowest BCUT2D eigenvalue weighted by molar-refractivity contribution is -0.383. The number of aliphatic hydroxyl groups excluding tert-OH is 1. The van der Waals surface area contributed by atoms with Gasteiger partial charge in [-0.2, -0.15) is 0 Å². The van der Waals surface area contributed by atoms with Gasteiger partial charge >= 0.3 is 0 Å². The molecule has 5 heteroatoms. The normalized spacial score (nSPS) is 13.4. The number of aliphatic hydroxyl groups is 1. The largest absolute Gasteiger partial charge is 0.392 e. The van der Waals surface area contributed by atoms with Gasteiger partial charge in [0.05, 0.1) is 21.9 Å². The van der Waals surface area contributed by atoms with Crippen LogP contribution < -0.4 is 0 Å². The molecule has 0 fully saturated rings. The molecular formula is C15H18N2O3. The fraction of sp³-hybridized carbons (Fsp3) is 0.400. The Bertz CT molecular complexity index is 647. The number of fused-ring (bicyclic) bond motifs is 1. The molecule has 1 atom stereocenters. The Hall–Kier alpha value is -2.01. The van der Waals surface area contributed by atoms with Crippen molar-refractivity contribution in [2.45, 2.75) is 33.3 Å². The predicted octanol–water partition coefficient (Wildman–Crippen LogP) is 3.09. The lowest BCUT2D eigenvalue weighted by Crippen LogP contribution is -2.28. The zero-order valence-corrected chi connectivity index (χ0v) is 11.8. The second-order valence-electron chi connectivity index (χ2n) is 5.99. The maximum absolute atomic E-state index is 11.0. The molecule has 0 spiro atoms. The van der Waals surface area contributed by atoms with E-state index < -0.39 is 11.0 Å². The van der Waals surface area contributed by atoms with Crippen molar-refractivity contribution in [3.05, 3.63) is 46.1 Å². The maximum Gasteiger partial charge on any atom is 0.278 e. The molecule has 1 unspecified atom stereocenters. The molecule has 5 nitrogen and oxygen atoms in total. The third-order valence-electron chi connectivity index (χ3n) is 3.44. The van der Waals surface area contributed by atoms with Gasteiger partial charge in [0.15, 0.2) is 0 Å². The van der Waals surface area contributed by atoms with Gasteiger partial charge < -0.3 is 5.11 Å². The van der Waals surface area contributed by atoms with E-state index in [1.54, 1.807) is 24.4 Å².